The normalized spacial score (nSPS) is 10.2. The predicted octanol–water partition coefficient (Wildman–Crippen LogP) is 2.80. The molecule has 2 heterocycles. The molecule has 98 valence electrons. The minimum atomic E-state index is -0.0833. The number of rotatable bonds is 5. The van der Waals surface area contributed by atoms with Crippen molar-refractivity contribution in [3.63, 3.8) is 0 Å². The first-order chi connectivity index (χ1) is 9.22. The van der Waals surface area contributed by atoms with Crippen LogP contribution < -0.4 is 4.74 Å². The third-order valence-corrected chi connectivity index (χ3v) is 2.73. The molecule has 0 amide bonds. The van der Waals surface area contributed by atoms with E-state index in [1.54, 1.807) is 30.9 Å². The largest absolute Gasteiger partial charge is 0.492 e. The van der Waals surface area contributed by atoms with Crippen LogP contribution in [-0.2, 0) is 0 Å². The Morgan fingerprint density at radius 1 is 1.26 bits per heavy atom. The highest BCUT2D eigenvalue weighted by molar-refractivity contribution is 6.09. The Hall–Kier alpha value is -2.23. The predicted molar refractivity (Wildman–Crippen MR) is 72.4 cm³/mol. The van der Waals surface area contributed by atoms with E-state index in [2.05, 4.69) is 9.97 Å². The van der Waals surface area contributed by atoms with Gasteiger partial charge in [0.05, 0.1) is 12.8 Å². The Morgan fingerprint density at radius 3 is 2.84 bits per heavy atom. The molecule has 0 bridgehead atoms. The maximum atomic E-state index is 12.4. The molecular formula is C15H16N2O2. The first-order valence-electron chi connectivity index (χ1n) is 6.25. The van der Waals surface area contributed by atoms with Gasteiger partial charge < -0.3 is 4.74 Å². The summed E-state index contributed by atoms with van der Waals surface area (Å²) in [5, 5.41) is 0. The van der Waals surface area contributed by atoms with E-state index in [9.17, 15) is 4.79 Å². The van der Waals surface area contributed by atoms with E-state index in [0.717, 1.165) is 12.0 Å². The van der Waals surface area contributed by atoms with Gasteiger partial charge >= 0.3 is 0 Å². The lowest BCUT2D eigenvalue weighted by Crippen LogP contribution is -2.05. The van der Waals surface area contributed by atoms with Crippen molar-refractivity contribution in [2.24, 2.45) is 0 Å². The SMILES string of the molecule is CCCOc1cncc(C(=O)c2cnccc2C)c1. The molecule has 2 aromatic heterocycles. The molecule has 0 spiro atoms. The van der Waals surface area contributed by atoms with Gasteiger partial charge in [0, 0.05) is 29.7 Å². The van der Waals surface area contributed by atoms with Gasteiger partial charge in [0.15, 0.2) is 5.78 Å². The summed E-state index contributed by atoms with van der Waals surface area (Å²) in [5.74, 6) is 0.536. The molecule has 2 aromatic rings. The van der Waals surface area contributed by atoms with E-state index in [0.29, 0.717) is 23.5 Å². The maximum absolute atomic E-state index is 12.4. The topological polar surface area (TPSA) is 52.1 Å². The highest BCUT2D eigenvalue weighted by Gasteiger charge is 2.13. The van der Waals surface area contributed by atoms with Crippen LogP contribution in [-0.4, -0.2) is 22.4 Å². The molecule has 0 fully saturated rings. The van der Waals surface area contributed by atoms with Crippen LogP contribution in [0, 0.1) is 6.92 Å². The molecule has 0 unspecified atom stereocenters. The number of aromatic nitrogens is 2. The van der Waals surface area contributed by atoms with Crippen molar-refractivity contribution in [1.29, 1.82) is 0 Å². The van der Waals surface area contributed by atoms with E-state index in [1.165, 1.54) is 0 Å². The number of hydrogen-bond acceptors (Lipinski definition) is 4. The van der Waals surface area contributed by atoms with Gasteiger partial charge in [-0.25, -0.2) is 0 Å². The van der Waals surface area contributed by atoms with Gasteiger partial charge in [-0.3, -0.25) is 14.8 Å². The molecule has 0 radical (unpaired) electrons. The van der Waals surface area contributed by atoms with Gasteiger partial charge in [0.2, 0.25) is 0 Å². The van der Waals surface area contributed by atoms with Crippen molar-refractivity contribution in [3.05, 3.63) is 53.6 Å². The van der Waals surface area contributed by atoms with Crippen molar-refractivity contribution >= 4 is 5.78 Å². The maximum Gasteiger partial charge on any atom is 0.196 e. The van der Waals surface area contributed by atoms with E-state index in [1.807, 2.05) is 19.9 Å². The molecule has 0 aliphatic heterocycles. The lowest BCUT2D eigenvalue weighted by molar-refractivity contribution is 0.103. The van der Waals surface area contributed by atoms with E-state index >= 15 is 0 Å². The van der Waals surface area contributed by atoms with E-state index in [4.69, 9.17) is 4.74 Å². The summed E-state index contributed by atoms with van der Waals surface area (Å²) in [6.45, 7) is 4.53. The quantitative estimate of drug-likeness (QED) is 0.772. The summed E-state index contributed by atoms with van der Waals surface area (Å²) in [4.78, 5) is 20.4. The minimum absolute atomic E-state index is 0.0833. The number of carbonyl (C=O) groups is 1. The third-order valence-electron chi connectivity index (χ3n) is 2.73. The fraction of sp³-hybridized carbons (Fsp3) is 0.267. The van der Waals surface area contributed by atoms with Crippen LogP contribution in [0.25, 0.3) is 0 Å². The number of pyridine rings is 2. The fourth-order valence-electron chi connectivity index (χ4n) is 1.70. The Bertz CT molecular complexity index is 582. The van der Waals surface area contributed by atoms with Crippen molar-refractivity contribution < 1.29 is 9.53 Å². The van der Waals surface area contributed by atoms with E-state index < -0.39 is 0 Å². The van der Waals surface area contributed by atoms with Gasteiger partial charge in [-0.05, 0) is 31.0 Å². The van der Waals surface area contributed by atoms with Gasteiger partial charge in [-0.1, -0.05) is 6.92 Å². The summed E-state index contributed by atoms with van der Waals surface area (Å²) in [5.41, 5.74) is 2.02. The zero-order chi connectivity index (χ0) is 13.7. The Morgan fingerprint density at radius 2 is 2.11 bits per heavy atom. The van der Waals surface area contributed by atoms with Crippen LogP contribution in [0.5, 0.6) is 5.75 Å². The Balaban J connectivity index is 2.27. The minimum Gasteiger partial charge on any atom is -0.492 e. The van der Waals surface area contributed by atoms with Gasteiger partial charge in [-0.2, -0.15) is 0 Å². The zero-order valence-electron chi connectivity index (χ0n) is 11.1. The summed E-state index contributed by atoms with van der Waals surface area (Å²) in [7, 11) is 0. The lowest BCUT2D eigenvalue weighted by Gasteiger charge is -2.07. The second-order valence-corrected chi connectivity index (χ2v) is 4.28. The Labute approximate surface area is 112 Å². The third kappa shape index (κ3) is 3.16. The molecule has 0 saturated heterocycles. The molecule has 19 heavy (non-hydrogen) atoms. The summed E-state index contributed by atoms with van der Waals surface area (Å²) in [6.07, 6.45) is 7.33. The molecule has 0 saturated carbocycles. The van der Waals surface area contributed by atoms with E-state index in [-0.39, 0.29) is 5.78 Å². The molecule has 0 aliphatic rings. The van der Waals surface area contributed by atoms with Crippen molar-refractivity contribution in [2.45, 2.75) is 20.3 Å². The highest BCUT2D eigenvalue weighted by atomic mass is 16.5. The number of ether oxygens (including phenoxy) is 1. The monoisotopic (exact) mass is 256 g/mol. The standard InChI is InChI=1S/C15H16N2O2/c1-3-6-19-13-7-12(8-17-9-13)15(18)14-10-16-5-4-11(14)2/h4-5,7-10H,3,6H2,1-2H3. The lowest BCUT2D eigenvalue weighted by atomic mass is 10.0. The number of aryl methyl sites for hydroxylation is 1. The average molecular weight is 256 g/mol. The Kier molecular flexibility index (Phi) is 4.23. The molecule has 4 heteroatoms. The molecule has 0 N–H and O–H groups in total. The van der Waals surface area contributed by atoms with Gasteiger partial charge in [0.1, 0.15) is 5.75 Å². The molecule has 0 atom stereocenters. The zero-order valence-corrected chi connectivity index (χ0v) is 11.1. The molecule has 0 aliphatic carbocycles. The second kappa shape index (κ2) is 6.09. The van der Waals surface area contributed by atoms with Crippen molar-refractivity contribution in [3.8, 4) is 5.75 Å². The number of ketones is 1. The van der Waals surface area contributed by atoms with Gasteiger partial charge in [0.25, 0.3) is 0 Å². The first kappa shape index (κ1) is 13.2. The molecule has 4 nitrogen and oxygen atoms in total. The second-order valence-electron chi connectivity index (χ2n) is 4.28. The number of hydrogen-bond donors (Lipinski definition) is 0. The molecule has 0 aromatic carbocycles. The number of nitrogens with zero attached hydrogens (tertiary/aromatic N) is 2. The van der Waals surface area contributed by atoms with Crippen molar-refractivity contribution in [2.75, 3.05) is 6.61 Å². The first-order valence-corrected chi connectivity index (χ1v) is 6.25. The van der Waals surface area contributed by atoms with Crippen LogP contribution in [0.2, 0.25) is 0 Å². The average Bonchev–Trinajstić information content (AvgIpc) is 2.45. The van der Waals surface area contributed by atoms with Crippen molar-refractivity contribution in [1.82, 2.24) is 9.97 Å². The van der Waals surface area contributed by atoms with Gasteiger partial charge in [-0.15, -0.1) is 0 Å². The van der Waals surface area contributed by atoms with Crippen LogP contribution in [0.4, 0.5) is 0 Å². The van der Waals surface area contributed by atoms with Crippen LogP contribution in [0.1, 0.15) is 34.8 Å². The summed E-state index contributed by atoms with van der Waals surface area (Å²) >= 11 is 0. The van der Waals surface area contributed by atoms with Crippen LogP contribution in [0.3, 0.4) is 0 Å². The fourth-order valence-corrected chi connectivity index (χ4v) is 1.70. The molecular weight excluding hydrogens is 240 g/mol. The van der Waals surface area contributed by atoms with Crippen LogP contribution >= 0.6 is 0 Å². The smallest absolute Gasteiger partial charge is 0.196 e. The highest BCUT2D eigenvalue weighted by Crippen LogP contribution is 2.16. The summed E-state index contributed by atoms with van der Waals surface area (Å²) < 4.78 is 5.48. The molecule has 2 rings (SSSR count). The number of carbonyl (C=O) groups excluding carboxylic acids is 1. The van der Waals surface area contributed by atoms with Crippen LogP contribution in [0.15, 0.2) is 36.9 Å². The summed E-state index contributed by atoms with van der Waals surface area (Å²) in [6, 6.07) is 3.54.